The Hall–Kier alpha value is -1.48. The van der Waals surface area contributed by atoms with Crippen molar-refractivity contribution in [1.29, 1.82) is 0 Å². The van der Waals surface area contributed by atoms with Crippen molar-refractivity contribution >= 4 is 28.4 Å². The summed E-state index contributed by atoms with van der Waals surface area (Å²) in [7, 11) is 0. The third-order valence-electron chi connectivity index (χ3n) is 3.40. The summed E-state index contributed by atoms with van der Waals surface area (Å²) >= 11 is 6.09. The Kier molecular flexibility index (Phi) is 2.20. The highest BCUT2D eigenvalue weighted by Crippen LogP contribution is 2.31. The van der Waals surface area contributed by atoms with E-state index in [9.17, 15) is 4.79 Å². The molecule has 3 nitrogen and oxygen atoms in total. The van der Waals surface area contributed by atoms with Crippen LogP contribution in [-0.2, 0) is 6.54 Å². The highest BCUT2D eigenvalue weighted by Gasteiger charge is 2.24. The van der Waals surface area contributed by atoms with Crippen LogP contribution in [0.5, 0.6) is 0 Å². The zero-order chi connectivity index (χ0) is 12.2. The van der Waals surface area contributed by atoms with Crippen LogP contribution in [-0.4, -0.2) is 17.0 Å². The van der Waals surface area contributed by atoms with Crippen LogP contribution < -0.4 is 5.32 Å². The molecule has 0 saturated carbocycles. The number of rotatable bonds is 0. The van der Waals surface area contributed by atoms with Crippen LogP contribution in [0.2, 0.25) is 5.02 Å². The molecule has 1 aliphatic heterocycles. The first kappa shape index (κ1) is 10.7. The Labute approximate surface area is 104 Å². The number of carbonyl (C=O) groups excluding carboxylic acids is 1. The molecule has 0 atom stereocenters. The summed E-state index contributed by atoms with van der Waals surface area (Å²) in [5.41, 5.74) is 4.05. The molecule has 1 aromatic heterocycles. The number of aryl methyl sites for hydroxylation is 2. The number of benzene rings is 1. The van der Waals surface area contributed by atoms with Crippen LogP contribution in [0.25, 0.3) is 10.9 Å². The van der Waals surface area contributed by atoms with Gasteiger partial charge in [0.25, 0.3) is 5.91 Å². The van der Waals surface area contributed by atoms with Gasteiger partial charge in [-0.3, -0.25) is 4.79 Å². The van der Waals surface area contributed by atoms with Gasteiger partial charge in [-0.1, -0.05) is 11.6 Å². The summed E-state index contributed by atoms with van der Waals surface area (Å²) in [5, 5.41) is 4.69. The monoisotopic (exact) mass is 248 g/mol. The highest BCUT2D eigenvalue weighted by molar-refractivity contribution is 6.31. The van der Waals surface area contributed by atoms with E-state index in [0.29, 0.717) is 6.54 Å². The first-order valence-corrected chi connectivity index (χ1v) is 6.04. The van der Waals surface area contributed by atoms with Gasteiger partial charge >= 0.3 is 0 Å². The molecule has 0 bridgehead atoms. The zero-order valence-electron chi connectivity index (χ0n) is 9.80. The number of nitrogens with zero attached hydrogens (tertiary/aromatic N) is 1. The highest BCUT2D eigenvalue weighted by atomic mass is 35.5. The van der Waals surface area contributed by atoms with E-state index in [1.807, 2.05) is 26.0 Å². The van der Waals surface area contributed by atoms with Crippen molar-refractivity contribution in [3.63, 3.8) is 0 Å². The van der Waals surface area contributed by atoms with E-state index in [1.54, 1.807) is 0 Å². The van der Waals surface area contributed by atoms with Gasteiger partial charge in [-0.05, 0) is 37.1 Å². The fourth-order valence-electron chi connectivity index (χ4n) is 2.70. The smallest absolute Gasteiger partial charge is 0.268 e. The second-order valence-corrected chi connectivity index (χ2v) is 4.94. The van der Waals surface area contributed by atoms with Crippen LogP contribution >= 0.6 is 11.6 Å². The van der Waals surface area contributed by atoms with Gasteiger partial charge in [0.15, 0.2) is 0 Å². The fraction of sp³-hybridized carbons (Fsp3) is 0.308. The van der Waals surface area contributed by atoms with E-state index in [2.05, 4.69) is 9.88 Å². The van der Waals surface area contributed by atoms with Gasteiger partial charge in [0, 0.05) is 23.5 Å². The minimum absolute atomic E-state index is 0.0143. The number of aromatic nitrogens is 1. The lowest BCUT2D eigenvalue weighted by atomic mass is 10.1. The largest absolute Gasteiger partial charge is 0.349 e. The van der Waals surface area contributed by atoms with Crippen molar-refractivity contribution in [2.75, 3.05) is 6.54 Å². The van der Waals surface area contributed by atoms with Crippen molar-refractivity contribution in [3.8, 4) is 0 Å². The molecule has 17 heavy (non-hydrogen) atoms. The molecular weight excluding hydrogens is 236 g/mol. The lowest BCUT2D eigenvalue weighted by Crippen LogP contribution is -2.35. The first-order valence-electron chi connectivity index (χ1n) is 5.66. The summed E-state index contributed by atoms with van der Waals surface area (Å²) in [5.74, 6) is 0.0143. The van der Waals surface area contributed by atoms with Crippen molar-refractivity contribution in [3.05, 3.63) is 34.0 Å². The Morgan fingerprint density at radius 3 is 2.88 bits per heavy atom. The minimum atomic E-state index is 0.0143. The number of fused-ring (bicyclic) bond motifs is 3. The number of carbonyl (C=O) groups is 1. The molecule has 0 aliphatic carbocycles. The van der Waals surface area contributed by atoms with Crippen molar-refractivity contribution in [2.45, 2.75) is 20.4 Å². The second kappa shape index (κ2) is 3.50. The summed E-state index contributed by atoms with van der Waals surface area (Å²) in [6.07, 6.45) is 0. The Bertz CT molecular complexity index is 643. The zero-order valence-corrected chi connectivity index (χ0v) is 10.6. The number of hydrogen-bond donors (Lipinski definition) is 1. The van der Waals surface area contributed by atoms with Gasteiger partial charge in [0.1, 0.15) is 5.69 Å². The van der Waals surface area contributed by atoms with Crippen molar-refractivity contribution in [2.24, 2.45) is 0 Å². The summed E-state index contributed by atoms with van der Waals surface area (Å²) < 4.78 is 2.11. The Balaban J connectivity index is 2.48. The minimum Gasteiger partial charge on any atom is -0.349 e. The molecule has 2 aromatic rings. The molecule has 4 heteroatoms. The molecule has 1 aromatic carbocycles. The van der Waals surface area contributed by atoms with E-state index >= 15 is 0 Å². The second-order valence-electron chi connectivity index (χ2n) is 4.50. The molecule has 0 spiro atoms. The fourth-order valence-corrected chi connectivity index (χ4v) is 2.98. The van der Waals surface area contributed by atoms with Gasteiger partial charge in [-0.15, -0.1) is 0 Å². The molecule has 1 amide bonds. The average molecular weight is 249 g/mol. The standard InChI is InChI=1S/C13H13ClN2O/c1-7-5-9(14)6-10-8(2)12-13(17)15-3-4-16(12)11(7)10/h5-6H,3-4H2,1-2H3,(H,15,17). The van der Waals surface area contributed by atoms with Gasteiger partial charge in [0.05, 0.1) is 5.52 Å². The molecular formula is C13H13ClN2O. The molecule has 88 valence electrons. The number of amides is 1. The Morgan fingerprint density at radius 2 is 2.12 bits per heavy atom. The van der Waals surface area contributed by atoms with Gasteiger partial charge in [-0.25, -0.2) is 0 Å². The molecule has 0 radical (unpaired) electrons. The lowest BCUT2D eigenvalue weighted by molar-refractivity contribution is 0.0928. The molecule has 3 rings (SSSR count). The van der Waals surface area contributed by atoms with E-state index in [-0.39, 0.29) is 5.91 Å². The Morgan fingerprint density at radius 1 is 1.35 bits per heavy atom. The number of hydrogen-bond acceptors (Lipinski definition) is 1. The summed E-state index contributed by atoms with van der Waals surface area (Å²) in [4.78, 5) is 11.9. The summed E-state index contributed by atoms with van der Waals surface area (Å²) in [6.45, 7) is 5.54. The van der Waals surface area contributed by atoms with E-state index in [4.69, 9.17) is 11.6 Å². The van der Waals surface area contributed by atoms with Crippen LogP contribution in [0.1, 0.15) is 21.6 Å². The topological polar surface area (TPSA) is 34.0 Å². The van der Waals surface area contributed by atoms with Gasteiger partial charge in [-0.2, -0.15) is 0 Å². The third-order valence-corrected chi connectivity index (χ3v) is 3.62. The molecule has 0 unspecified atom stereocenters. The lowest BCUT2D eigenvalue weighted by Gasteiger charge is -2.17. The van der Waals surface area contributed by atoms with E-state index < -0.39 is 0 Å². The van der Waals surface area contributed by atoms with Crippen molar-refractivity contribution in [1.82, 2.24) is 9.88 Å². The van der Waals surface area contributed by atoms with Gasteiger partial charge < -0.3 is 9.88 Å². The normalized spacial score (nSPS) is 14.9. The summed E-state index contributed by atoms with van der Waals surface area (Å²) in [6, 6.07) is 3.89. The van der Waals surface area contributed by atoms with E-state index in [1.165, 1.54) is 0 Å². The third kappa shape index (κ3) is 1.39. The quantitative estimate of drug-likeness (QED) is 0.764. The maximum absolute atomic E-state index is 11.9. The van der Waals surface area contributed by atoms with Gasteiger partial charge in [0.2, 0.25) is 0 Å². The number of halogens is 1. The van der Waals surface area contributed by atoms with Crippen LogP contribution in [0.15, 0.2) is 12.1 Å². The predicted molar refractivity (Wildman–Crippen MR) is 68.8 cm³/mol. The molecule has 2 heterocycles. The van der Waals surface area contributed by atoms with Crippen molar-refractivity contribution < 1.29 is 4.79 Å². The van der Waals surface area contributed by atoms with Crippen LogP contribution in [0, 0.1) is 13.8 Å². The van der Waals surface area contributed by atoms with E-state index in [0.717, 1.165) is 39.3 Å². The molecule has 0 saturated heterocycles. The van der Waals surface area contributed by atoms with Crippen LogP contribution in [0.4, 0.5) is 0 Å². The average Bonchev–Trinajstić information content (AvgIpc) is 2.54. The SMILES string of the molecule is Cc1c2n(c3c(C)cc(Cl)cc13)CCNC2=O. The maximum atomic E-state index is 11.9. The molecule has 0 fully saturated rings. The first-order chi connectivity index (χ1) is 8.09. The maximum Gasteiger partial charge on any atom is 0.268 e. The van der Waals surface area contributed by atoms with Crippen LogP contribution in [0.3, 0.4) is 0 Å². The predicted octanol–water partition coefficient (Wildman–Crippen LogP) is 2.65. The number of nitrogens with one attached hydrogen (secondary N) is 1. The molecule has 1 aliphatic rings. The molecule has 1 N–H and O–H groups in total.